The molecule has 0 aromatic rings. The van der Waals surface area contributed by atoms with Crippen molar-refractivity contribution in [3.63, 3.8) is 0 Å². The van der Waals surface area contributed by atoms with Crippen LogP contribution in [0, 0.1) is 11.3 Å². The van der Waals surface area contributed by atoms with Crippen LogP contribution in [0.15, 0.2) is 0 Å². The smallest absolute Gasteiger partial charge is 0.251 e. The second-order valence-corrected chi connectivity index (χ2v) is 6.71. The van der Waals surface area contributed by atoms with Gasteiger partial charge in [-0.15, -0.1) is 0 Å². The molecule has 21 heavy (non-hydrogen) atoms. The first-order chi connectivity index (χ1) is 10.1. The number of carbonyl (C=O) groups is 1. The van der Waals surface area contributed by atoms with E-state index in [9.17, 15) is 13.6 Å². The zero-order valence-electron chi connectivity index (χ0n) is 12.5. The molecule has 0 bridgehead atoms. The number of nitrogens with zero attached hydrogens (tertiary/aromatic N) is 2. The van der Waals surface area contributed by atoms with Gasteiger partial charge in [0, 0.05) is 32.7 Å². The van der Waals surface area contributed by atoms with Crippen LogP contribution in [0.4, 0.5) is 8.78 Å². The van der Waals surface area contributed by atoms with Gasteiger partial charge < -0.3 is 10.2 Å². The fraction of sp³-hybridized carbons (Fsp3) is 0.933. The maximum absolute atomic E-state index is 13.0. The van der Waals surface area contributed by atoms with Crippen LogP contribution in [0.1, 0.15) is 25.7 Å². The minimum absolute atomic E-state index is 0.169. The first kappa shape index (κ1) is 15.2. The topological polar surface area (TPSA) is 35.6 Å². The molecule has 6 heteroatoms. The normalized spacial score (nSPS) is 34.2. The Kier molecular flexibility index (Phi) is 4.45. The maximum Gasteiger partial charge on any atom is 0.251 e. The number of alkyl halides is 2. The van der Waals surface area contributed by atoms with E-state index in [1.165, 1.54) is 6.42 Å². The zero-order valence-corrected chi connectivity index (χ0v) is 12.5. The second-order valence-electron chi connectivity index (χ2n) is 6.71. The number of nitrogens with one attached hydrogen (secondary N) is 1. The van der Waals surface area contributed by atoms with E-state index in [2.05, 4.69) is 5.32 Å². The van der Waals surface area contributed by atoms with Crippen molar-refractivity contribution in [3.8, 4) is 0 Å². The number of hydrogen-bond donors (Lipinski definition) is 1. The van der Waals surface area contributed by atoms with Crippen LogP contribution in [-0.4, -0.2) is 67.9 Å². The Bertz CT molecular complexity index is 385. The summed E-state index contributed by atoms with van der Waals surface area (Å²) in [5, 5.41) is 3.40. The summed E-state index contributed by atoms with van der Waals surface area (Å²) < 4.78 is 24.8. The molecule has 0 radical (unpaired) electrons. The molecule has 1 N–H and O–H groups in total. The third-order valence-corrected chi connectivity index (χ3v) is 5.52. The van der Waals surface area contributed by atoms with Crippen LogP contribution in [-0.2, 0) is 4.79 Å². The lowest BCUT2D eigenvalue weighted by molar-refractivity contribution is -0.147. The van der Waals surface area contributed by atoms with Gasteiger partial charge in [-0.25, -0.2) is 8.78 Å². The van der Waals surface area contributed by atoms with Gasteiger partial charge in [-0.3, -0.25) is 9.69 Å². The van der Waals surface area contributed by atoms with E-state index in [1.54, 1.807) is 4.90 Å². The second kappa shape index (κ2) is 6.16. The Balaban J connectivity index is 1.61. The quantitative estimate of drug-likeness (QED) is 0.850. The largest absolute Gasteiger partial charge is 0.340 e. The molecule has 1 aliphatic carbocycles. The Morgan fingerprint density at radius 2 is 2.00 bits per heavy atom. The first-order valence-electron chi connectivity index (χ1n) is 8.12. The van der Waals surface area contributed by atoms with Crippen molar-refractivity contribution < 1.29 is 13.6 Å². The van der Waals surface area contributed by atoms with Crippen LogP contribution < -0.4 is 5.32 Å². The van der Waals surface area contributed by atoms with Crippen LogP contribution in [0.25, 0.3) is 0 Å². The predicted octanol–water partition coefficient (Wildman–Crippen LogP) is 1.18. The lowest BCUT2D eigenvalue weighted by Crippen LogP contribution is -2.56. The van der Waals surface area contributed by atoms with Crippen LogP contribution in [0.3, 0.4) is 0 Å². The van der Waals surface area contributed by atoms with Gasteiger partial charge in [0.2, 0.25) is 5.91 Å². The molecule has 0 spiro atoms. The summed E-state index contributed by atoms with van der Waals surface area (Å²) in [4.78, 5) is 16.7. The fourth-order valence-corrected chi connectivity index (χ4v) is 4.31. The van der Waals surface area contributed by atoms with Gasteiger partial charge in [0.15, 0.2) is 0 Å². The molecule has 2 atom stereocenters. The summed E-state index contributed by atoms with van der Waals surface area (Å²) in [6.45, 7) is 3.93. The minimum atomic E-state index is -2.28. The Labute approximate surface area is 124 Å². The molecule has 3 fully saturated rings. The summed E-state index contributed by atoms with van der Waals surface area (Å²) >= 11 is 0. The Morgan fingerprint density at radius 3 is 2.71 bits per heavy atom. The van der Waals surface area contributed by atoms with Crippen molar-refractivity contribution in [2.45, 2.75) is 32.1 Å². The molecule has 3 aliphatic rings. The van der Waals surface area contributed by atoms with Crippen molar-refractivity contribution in [3.05, 3.63) is 0 Å². The summed E-state index contributed by atoms with van der Waals surface area (Å²) in [5.41, 5.74) is -0.205. The lowest BCUT2D eigenvalue weighted by atomic mass is 9.67. The van der Waals surface area contributed by atoms with E-state index in [-0.39, 0.29) is 17.9 Å². The standard InChI is InChI=1S/C15H25F2N3O/c16-13(17)10-19-5-7-20(8-6-19)14(21)15-4-2-1-3-12(15)9-18-11-15/h12-13,18H,1-11H2/t12-,15+/m0/s1. The Morgan fingerprint density at radius 1 is 1.24 bits per heavy atom. The molecule has 2 aliphatic heterocycles. The highest BCUT2D eigenvalue weighted by molar-refractivity contribution is 5.84. The molecule has 0 aromatic heterocycles. The minimum Gasteiger partial charge on any atom is -0.340 e. The van der Waals surface area contributed by atoms with Crippen LogP contribution in [0.2, 0.25) is 0 Å². The predicted molar refractivity (Wildman–Crippen MR) is 76.3 cm³/mol. The van der Waals surface area contributed by atoms with E-state index in [0.717, 1.165) is 32.4 Å². The van der Waals surface area contributed by atoms with Gasteiger partial charge in [-0.1, -0.05) is 12.8 Å². The molecule has 1 saturated carbocycles. The van der Waals surface area contributed by atoms with Crippen molar-refractivity contribution in [1.82, 2.24) is 15.1 Å². The van der Waals surface area contributed by atoms with Gasteiger partial charge in [-0.05, 0) is 25.3 Å². The lowest BCUT2D eigenvalue weighted by Gasteiger charge is -2.43. The number of piperazine rings is 1. The van der Waals surface area contributed by atoms with E-state index < -0.39 is 6.43 Å². The molecule has 120 valence electrons. The average molecular weight is 301 g/mol. The van der Waals surface area contributed by atoms with Crippen LogP contribution >= 0.6 is 0 Å². The molecule has 0 aromatic carbocycles. The van der Waals surface area contributed by atoms with E-state index in [4.69, 9.17) is 0 Å². The molecule has 4 nitrogen and oxygen atoms in total. The number of carbonyl (C=O) groups excluding carboxylic acids is 1. The summed E-state index contributed by atoms with van der Waals surface area (Å²) in [7, 11) is 0. The van der Waals surface area contributed by atoms with Gasteiger partial charge in [0.1, 0.15) is 0 Å². The number of halogens is 2. The average Bonchev–Trinajstić information content (AvgIpc) is 2.91. The van der Waals surface area contributed by atoms with Gasteiger partial charge >= 0.3 is 0 Å². The van der Waals surface area contributed by atoms with Gasteiger partial charge in [0.25, 0.3) is 6.43 Å². The Hall–Kier alpha value is -0.750. The molecular weight excluding hydrogens is 276 g/mol. The third-order valence-electron chi connectivity index (χ3n) is 5.52. The van der Waals surface area contributed by atoms with E-state index in [1.807, 2.05) is 4.90 Å². The summed E-state index contributed by atoms with van der Waals surface area (Å²) in [6.07, 6.45) is 2.21. The number of hydrogen-bond acceptors (Lipinski definition) is 3. The van der Waals surface area contributed by atoms with Gasteiger partial charge in [-0.2, -0.15) is 0 Å². The summed E-state index contributed by atoms with van der Waals surface area (Å²) in [6, 6.07) is 0. The number of fused-ring (bicyclic) bond motifs is 1. The highest BCUT2D eigenvalue weighted by atomic mass is 19.3. The van der Waals surface area contributed by atoms with Crippen molar-refractivity contribution in [1.29, 1.82) is 0 Å². The third kappa shape index (κ3) is 2.93. The highest BCUT2D eigenvalue weighted by Crippen LogP contribution is 2.45. The van der Waals surface area contributed by atoms with E-state index >= 15 is 0 Å². The SMILES string of the molecule is O=C(N1CCN(CC(F)F)CC1)[C@@]12CCCC[C@H]1CNC2. The number of rotatable bonds is 3. The first-order valence-corrected chi connectivity index (χ1v) is 8.12. The molecule has 3 rings (SSSR count). The molecule has 2 saturated heterocycles. The zero-order chi connectivity index (χ0) is 14.9. The van der Waals surface area contributed by atoms with E-state index in [0.29, 0.717) is 32.1 Å². The van der Waals surface area contributed by atoms with Crippen molar-refractivity contribution in [2.24, 2.45) is 11.3 Å². The summed E-state index contributed by atoms with van der Waals surface area (Å²) in [5.74, 6) is 0.742. The fourth-order valence-electron chi connectivity index (χ4n) is 4.31. The van der Waals surface area contributed by atoms with Crippen molar-refractivity contribution in [2.75, 3.05) is 45.8 Å². The molecule has 1 amide bonds. The monoisotopic (exact) mass is 301 g/mol. The molecule has 0 unspecified atom stereocenters. The highest BCUT2D eigenvalue weighted by Gasteiger charge is 2.51. The molecular formula is C15H25F2N3O. The van der Waals surface area contributed by atoms with Crippen molar-refractivity contribution >= 4 is 5.91 Å². The van der Waals surface area contributed by atoms with Crippen LogP contribution in [0.5, 0.6) is 0 Å². The maximum atomic E-state index is 13.0. The molecule has 2 heterocycles. The van der Waals surface area contributed by atoms with Gasteiger partial charge in [0.05, 0.1) is 12.0 Å². The number of amides is 1.